The molecule has 0 bridgehead atoms. The molecule has 1 saturated heterocycles. The molecule has 1 fully saturated rings. The first-order valence-corrected chi connectivity index (χ1v) is 12.8. The van der Waals surface area contributed by atoms with Crippen LogP contribution in [0, 0.1) is 0 Å². The van der Waals surface area contributed by atoms with E-state index >= 15 is 0 Å². The molecule has 0 aliphatic carbocycles. The summed E-state index contributed by atoms with van der Waals surface area (Å²) in [7, 11) is -4.18. The van der Waals surface area contributed by atoms with Gasteiger partial charge in [-0.3, -0.25) is 9.20 Å². The number of hydrogen-bond acceptors (Lipinski definition) is 4. The minimum Gasteiger partial charge on any atom is -0.357 e. The van der Waals surface area contributed by atoms with Crippen LogP contribution in [0.2, 0.25) is 0 Å². The summed E-state index contributed by atoms with van der Waals surface area (Å²) in [5.41, 5.74) is 0. The molecule has 0 radical (unpaired) electrons. The molecule has 2 N–H and O–H groups in total. The Balaban J connectivity index is 1.84. The van der Waals surface area contributed by atoms with Crippen molar-refractivity contribution in [1.29, 1.82) is 0 Å². The second kappa shape index (κ2) is 11.5. The van der Waals surface area contributed by atoms with E-state index in [0.717, 1.165) is 24.3 Å². The van der Waals surface area contributed by atoms with Gasteiger partial charge < -0.3 is 10.6 Å². The first kappa shape index (κ1) is 22.8. The molecule has 1 unspecified atom stereocenters. The summed E-state index contributed by atoms with van der Waals surface area (Å²) >= 11 is 0. The molecule has 158 valence electrons. The molecule has 1 aromatic carbocycles. The van der Waals surface area contributed by atoms with Crippen molar-refractivity contribution in [2.75, 3.05) is 37.7 Å². The fourth-order valence-electron chi connectivity index (χ4n) is 3.11. The summed E-state index contributed by atoms with van der Waals surface area (Å²) in [6, 6.07) is 9.59. The van der Waals surface area contributed by atoms with Crippen molar-refractivity contribution in [3.05, 3.63) is 30.3 Å². The second-order valence-electron chi connectivity index (χ2n) is 6.76. The van der Waals surface area contributed by atoms with Gasteiger partial charge in [-0.2, -0.15) is 0 Å². The highest BCUT2D eigenvalue weighted by Gasteiger charge is 2.27. The van der Waals surface area contributed by atoms with Gasteiger partial charge in [0.1, 0.15) is 0 Å². The topological polar surface area (TPSA) is 90.9 Å². The van der Waals surface area contributed by atoms with Gasteiger partial charge in [0.25, 0.3) is 0 Å². The lowest BCUT2D eigenvalue weighted by Crippen LogP contribution is -2.50. The van der Waals surface area contributed by atoms with Crippen LogP contribution in [-0.2, 0) is 20.8 Å². The summed E-state index contributed by atoms with van der Waals surface area (Å²) in [5.74, 6) is 1.38. The molecule has 28 heavy (non-hydrogen) atoms. The predicted octanol–water partition coefficient (Wildman–Crippen LogP) is 1.55. The fraction of sp³-hybridized carbons (Fsp3) is 0.632. The number of nitrogens with zero attached hydrogens (tertiary/aromatic N) is 2. The number of nitrogens with one attached hydrogen (secondary N) is 2. The molecule has 0 spiro atoms. The zero-order valence-electron chi connectivity index (χ0n) is 16.8. The van der Waals surface area contributed by atoms with E-state index in [1.54, 1.807) is 4.31 Å². The SMILES string of the molecule is CCCS(=O)(=O)N1CCC(NC(=NCCS(=O)c2ccccc2)NCC)CC1. The minimum atomic E-state index is -3.12. The number of benzene rings is 1. The van der Waals surface area contributed by atoms with E-state index in [9.17, 15) is 12.6 Å². The Labute approximate surface area is 171 Å². The van der Waals surface area contributed by atoms with Gasteiger partial charge in [-0.05, 0) is 38.3 Å². The zero-order valence-corrected chi connectivity index (χ0v) is 18.4. The Morgan fingerprint density at radius 2 is 1.89 bits per heavy atom. The maximum absolute atomic E-state index is 12.3. The molecule has 2 rings (SSSR count). The van der Waals surface area contributed by atoms with Crippen LogP contribution in [-0.4, -0.2) is 66.6 Å². The molecular formula is C19H32N4O3S2. The Morgan fingerprint density at radius 1 is 1.21 bits per heavy atom. The first-order chi connectivity index (χ1) is 13.5. The summed E-state index contributed by atoms with van der Waals surface area (Å²) in [5, 5.41) is 6.61. The first-order valence-electron chi connectivity index (χ1n) is 9.92. The Morgan fingerprint density at radius 3 is 2.50 bits per heavy atom. The van der Waals surface area contributed by atoms with E-state index in [1.807, 2.05) is 44.2 Å². The molecule has 0 saturated carbocycles. The minimum absolute atomic E-state index is 0.186. The molecule has 9 heteroatoms. The van der Waals surface area contributed by atoms with Gasteiger partial charge in [-0.15, -0.1) is 0 Å². The van der Waals surface area contributed by atoms with E-state index < -0.39 is 20.8 Å². The Kier molecular flexibility index (Phi) is 9.40. The highest BCUT2D eigenvalue weighted by molar-refractivity contribution is 7.89. The highest BCUT2D eigenvalue weighted by atomic mass is 32.2. The van der Waals surface area contributed by atoms with E-state index in [0.29, 0.717) is 37.8 Å². The van der Waals surface area contributed by atoms with Crippen molar-refractivity contribution in [3.8, 4) is 0 Å². The molecular weight excluding hydrogens is 396 g/mol. The highest BCUT2D eigenvalue weighted by Crippen LogP contribution is 2.15. The van der Waals surface area contributed by atoms with Crippen molar-refractivity contribution in [3.63, 3.8) is 0 Å². The van der Waals surface area contributed by atoms with Gasteiger partial charge >= 0.3 is 0 Å². The third-order valence-corrected chi connectivity index (χ3v) is 7.97. The monoisotopic (exact) mass is 428 g/mol. The molecule has 1 atom stereocenters. The van der Waals surface area contributed by atoms with Gasteiger partial charge in [-0.1, -0.05) is 25.1 Å². The van der Waals surface area contributed by atoms with Crippen LogP contribution in [0.5, 0.6) is 0 Å². The van der Waals surface area contributed by atoms with Crippen molar-refractivity contribution in [1.82, 2.24) is 14.9 Å². The molecule has 1 aliphatic heterocycles. The van der Waals surface area contributed by atoms with Crippen LogP contribution in [0.1, 0.15) is 33.1 Å². The summed E-state index contributed by atoms with van der Waals surface area (Å²) in [4.78, 5) is 5.36. The van der Waals surface area contributed by atoms with Crippen LogP contribution < -0.4 is 10.6 Å². The van der Waals surface area contributed by atoms with Gasteiger partial charge in [0.15, 0.2) is 5.96 Å². The van der Waals surface area contributed by atoms with E-state index in [4.69, 9.17) is 0 Å². The van der Waals surface area contributed by atoms with Crippen molar-refractivity contribution < 1.29 is 12.6 Å². The number of aliphatic imine (C=N–C) groups is 1. The second-order valence-corrected chi connectivity index (χ2v) is 10.4. The molecule has 0 aromatic heterocycles. The largest absolute Gasteiger partial charge is 0.357 e. The lowest BCUT2D eigenvalue weighted by molar-refractivity contribution is 0.306. The number of piperidine rings is 1. The molecule has 0 amide bonds. The van der Waals surface area contributed by atoms with Crippen LogP contribution in [0.3, 0.4) is 0 Å². The quantitative estimate of drug-likeness (QED) is 0.460. The van der Waals surface area contributed by atoms with Crippen molar-refractivity contribution in [2.45, 2.75) is 44.0 Å². The van der Waals surface area contributed by atoms with Crippen LogP contribution in [0.15, 0.2) is 40.2 Å². The third kappa shape index (κ3) is 7.18. The average Bonchev–Trinajstić information content (AvgIpc) is 2.69. The number of rotatable bonds is 9. The number of sulfonamides is 1. The van der Waals surface area contributed by atoms with E-state index in [1.165, 1.54) is 0 Å². The zero-order chi connectivity index (χ0) is 20.4. The Bertz CT molecular complexity index is 746. The number of hydrogen-bond donors (Lipinski definition) is 2. The van der Waals surface area contributed by atoms with Gasteiger partial charge in [0.2, 0.25) is 10.0 Å². The molecule has 7 nitrogen and oxygen atoms in total. The van der Waals surface area contributed by atoms with Crippen LogP contribution in [0.4, 0.5) is 0 Å². The molecule has 1 aromatic rings. The van der Waals surface area contributed by atoms with Crippen LogP contribution >= 0.6 is 0 Å². The Hall–Kier alpha value is -1.45. The molecule has 1 aliphatic rings. The van der Waals surface area contributed by atoms with Gasteiger partial charge in [0, 0.05) is 36.3 Å². The van der Waals surface area contributed by atoms with Crippen LogP contribution in [0.25, 0.3) is 0 Å². The third-order valence-electron chi connectivity index (χ3n) is 4.55. The van der Waals surface area contributed by atoms with Crippen molar-refractivity contribution >= 4 is 26.8 Å². The number of guanidine groups is 1. The lowest BCUT2D eigenvalue weighted by atomic mass is 10.1. The summed E-state index contributed by atoms with van der Waals surface area (Å²) < 4.78 is 38.3. The van der Waals surface area contributed by atoms with Gasteiger partial charge in [-0.25, -0.2) is 12.7 Å². The summed E-state index contributed by atoms with van der Waals surface area (Å²) in [6.07, 6.45) is 2.15. The smallest absolute Gasteiger partial charge is 0.214 e. The lowest BCUT2D eigenvalue weighted by Gasteiger charge is -2.32. The normalized spacial score (nSPS) is 18.0. The fourth-order valence-corrected chi connectivity index (χ4v) is 5.60. The van der Waals surface area contributed by atoms with E-state index in [2.05, 4.69) is 15.6 Å². The maximum atomic E-state index is 12.3. The van der Waals surface area contributed by atoms with Crippen molar-refractivity contribution in [2.24, 2.45) is 4.99 Å². The average molecular weight is 429 g/mol. The van der Waals surface area contributed by atoms with E-state index in [-0.39, 0.29) is 11.8 Å². The molecule has 1 heterocycles. The van der Waals surface area contributed by atoms with Gasteiger partial charge in [0.05, 0.1) is 23.1 Å². The predicted molar refractivity (Wildman–Crippen MR) is 116 cm³/mol. The standard InChI is InChI=1S/C19H32N4O3S2/c1-3-16-28(25,26)23-13-10-17(11-14-23)22-19(20-4-2)21-12-15-27(24)18-8-6-5-7-9-18/h5-9,17H,3-4,10-16H2,1-2H3,(H2,20,21,22). The maximum Gasteiger partial charge on any atom is 0.214 e. The summed E-state index contributed by atoms with van der Waals surface area (Å²) in [6.45, 7) is 6.15.